The third kappa shape index (κ3) is 31.2. The number of allylic oxidation sites excluding steroid dienone is 3. The molecule has 0 rings (SSSR count). The SMILES string of the molecule is CCCCCC/C=C/CC/C=C/C(O)C(CS(=O)(=O)O)NC(=O)C(O)CCCCCCCCCCCCCCCCCCCC. The van der Waals surface area contributed by atoms with E-state index in [1.165, 1.54) is 122 Å². The lowest BCUT2D eigenvalue weighted by Gasteiger charge is -2.22. The molecule has 45 heavy (non-hydrogen) atoms. The molecule has 0 aromatic rings. The van der Waals surface area contributed by atoms with Gasteiger partial charge in [0.05, 0.1) is 17.9 Å². The molecule has 0 heterocycles. The highest BCUT2D eigenvalue weighted by atomic mass is 32.2. The maximum Gasteiger partial charge on any atom is 0.267 e. The molecule has 0 saturated carbocycles. The van der Waals surface area contributed by atoms with Crippen LogP contribution >= 0.6 is 0 Å². The van der Waals surface area contributed by atoms with Crippen molar-refractivity contribution in [3.63, 3.8) is 0 Å². The molecule has 0 bridgehead atoms. The van der Waals surface area contributed by atoms with Gasteiger partial charge >= 0.3 is 0 Å². The maximum absolute atomic E-state index is 12.5. The number of aliphatic hydroxyl groups is 2. The maximum atomic E-state index is 12.5. The molecule has 7 nitrogen and oxygen atoms in total. The van der Waals surface area contributed by atoms with Gasteiger partial charge in [-0.3, -0.25) is 9.35 Å². The van der Waals surface area contributed by atoms with Gasteiger partial charge in [0.25, 0.3) is 10.1 Å². The van der Waals surface area contributed by atoms with E-state index in [4.69, 9.17) is 0 Å². The largest absolute Gasteiger partial charge is 0.387 e. The van der Waals surface area contributed by atoms with Crippen LogP contribution in [0.25, 0.3) is 0 Å². The van der Waals surface area contributed by atoms with Crippen molar-refractivity contribution in [3.8, 4) is 0 Å². The number of amides is 1. The molecule has 0 aliphatic carbocycles. The van der Waals surface area contributed by atoms with Gasteiger partial charge in [-0.05, 0) is 32.1 Å². The lowest BCUT2D eigenvalue weighted by molar-refractivity contribution is -0.130. The number of carbonyl (C=O) groups is 1. The lowest BCUT2D eigenvalue weighted by Crippen LogP contribution is -2.50. The molecule has 3 atom stereocenters. The summed E-state index contributed by atoms with van der Waals surface area (Å²) in [6.07, 6.45) is 35.3. The molecule has 0 fully saturated rings. The van der Waals surface area contributed by atoms with Crippen molar-refractivity contribution >= 4 is 16.0 Å². The molecule has 266 valence electrons. The molecule has 4 N–H and O–H groups in total. The van der Waals surface area contributed by atoms with Crippen LogP contribution in [0.15, 0.2) is 24.3 Å². The Bertz CT molecular complexity index is 829. The Kier molecular flexibility index (Phi) is 30.5. The summed E-state index contributed by atoms with van der Waals surface area (Å²) in [6, 6.07) is -1.24. The zero-order chi connectivity index (χ0) is 33.4. The zero-order valence-electron chi connectivity index (χ0n) is 29.1. The first kappa shape index (κ1) is 43.8. The van der Waals surface area contributed by atoms with Crippen LogP contribution in [0.3, 0.4) is 0 Å². The van der Waals surface area contributed by atoms with E-state index in [0.29, 0.717) is 12.8 Å². The van der Waals surface area contributed by atoms with Gasteiger partial charge in [0.2, 0.25) is 5.91 Å². The molecule has 3 unspecified atom stereocenters. The first-order valence-electron chi connectivity index (χ1n) is 18.6. The molecule has 1 amide bonds. The number of rotatable bonds is 33. The molecule has 0 aliphatic heterocycles. The average Bonchev–Trinajstić information content (AvgIpc) is 3.00. The third-order valence-electron chi connectivity index (χ3n) is 8.49. The Morgan fingerprint density at radius 3 is 1.47 bits per heavy atom. The van der Waals surface area contributed by atoms with Gasteiger partial charge in [0, 0.05) is 0 Å². The number of hydrogen-bond acceptors (Lipinski definition) is 5. The van der Waals surface area contributed by atoms with E-state index in [-0.39, 0.29) is 6.42 Å². The molecule has 8 heteroatoms. The van der Waals surface area contributed by atoms with E-state index in [9.17, 15) is 28.0 Å². The summed E-state index contributed by atoms with van der Waals surface area (Å²) in [4.78, 5) is 12.5. The fourth-order valence-corrected chi connectivity index (χ4v) is 6.32. The van der Waals surface area contributed by atoms with Crippen LogP contribution in [0.1, 0.15) is 181 Å². The van der Waals surface area contributed by atoms with Crippen LogP contribution < -0.4 is 5.32 Å². The van der Waals surface area contributed by atoms with Crippen molar-refractivity contribution < 1.29 is 28.0 Å². The first-order chi connectivity index (χ1) is 21.7. The molecular formula is C37H71NO6S. The summed E-state index contributed by atoms with van der Waals surface area (Å²) >= 11 is 0. The first-order valence-corrected chi connectivity index (χ1v) is 20.3. The van der Waals surface area contributed by atoms with Gasteiger partial charge in [-0.2, -0.15) is 8.42 Å². The molecule has 0 spiro atoms. The number of hydrogen-bond donors (Lipinski definition) is 4. The highest BCUT2D eigenvalue weighted by Gasteiger charge is 2.27. The summed E-state index contributed by atoms with van der Waals surface area (Å²) in [6.45, 7) is 4.45. The van der Waals surface area contributed by atoms with E-state index in [0.717, 1.165) is 32.1 Å². The summed E-state index contributed by atoms with van der Waals surface area (Å²) in [5.74, 6) is -1.55. The fourth-order valence-electron chi connectivity index (χ4n) is 5.59. The second-order valence-electron chi connectivity index (χ2n) is 13.0. The van der Waals surface area contributed by atoms with E-state index in [2.05, 4.69) is 31.3 Å². The van der Waals surface area contributed by atoms with Crippen molar-refractivity contribution in [2.24, 2.45) is 0 Å². The van der Waals surface area contributed by atoms with Crippen LogP contribution in [0, 0.1) is 0 Å². The van der Waals surface area contributed by atoms with E-state index < -0.39 is 40.0 Å². The second kappa shape index (κ2) is 31.4. The molecule has 0 radical (unpaired) electrons. The highest BCUT2D eigenvalue weighted by molar-refractivity contribution is 7.85. The van der Waals surface area contributed by atoms with E-state index in [1.807, 2.05) is 0 Å². The van der Waals surface area contributed by atoms with Crippen molar-refractivity contribution in [1.82, 2.24) is 5.32 Å². The van der Waals surface area contributed by atoms with Crippen LogP contribution in [0.2, 0.25) is 0 Å². The Morgan fingerprint density at radius 2 is 1.00 bits per heavy atom. The molecule has 0 aromatic heterocycles. The quantitative estimate of drug-likeness (QED) is 0.0317. The van der Waals surface area contributed by atoms with Gasteiger partial charge in [0.1, 0.15) is 6.10 Å². The Balaban J connectivity index is 4.03. The van der Waals surface area contributed by atoms with Gasteiger partial charge in [-0.1, -0.05) is 173 Å². The summed E-state index contributed by atoms with van der Waals surface area (Å²) in [5, 5.41) is 23.2. The predicted molar refractivity (Wildman–Crippen MR) is 190 cm³/mol. The Morgan fingerprint density at radius 1 is 0.600 bits per heavy atom. The van der Waals surface area contributed by atoms with Crippen molar-refractivity contribution in [2.75, 3.05) is 5.75 Å². The molecule has 0 aromatic carbocycles. The van der Waals surface area contributed by atoms with Gasteiger partial charge in [0.15, 0.2) is 0 Å². The monoisotopic (exact) mass is 658 g/mol. The standard InChI is InChI=1S/C37H71NO6S/c1-3-5-7-9-11-13-15-16-17-18-19-20-21-22-24-26-28-30-32-36(40)37(41)38-34(33-45(42,43)44)35(39)31-29-27-25-23-14-12-10-8-6-4-2/h14,23,29,31,34-36,39-40H,3-13,15-22,24-28,30,32-33H2,1-2H3,(H,38,41)(H,42,43,44)/b23-14+,31-29+. The van der Waals surface area contributed by atoms with Crippen molar-refractivity contribution in [1.29, 1.82) is 0 Å². The second-order valence-corrected chi connectivity index (χ2v) is 14.5. The van der Waals surface area contributed by atoms with E-state index >= 15 is 0 Å². The topological polar surface area (TPSA) is 124 Å². The average molecular weight is 658 g/mol. The van der Waals surface area contributed by atoms with Crippen molar-refractivity contribution in [2.45, 2.75) is 199 Å². The number of nitrogens with one attached hydrogen (secondary N) is 1. The zero-order valence-corrected chi connectivity index (χ0v) is 29.9. The third-order valence-corrected chi connectivity index (χ3v) is 9.27. The molecule has 0 aliphatic rings. The van der Waals surface area contributed by atoms with Crippen LogP contribution in [0.5, 0.6) is 0 Å². The van der Waals surface area contributed by atoms with Gasteiger partial charge in [-0.15, -0.1) is 0 Å². The summed E-state index contributed by atoms with van der Waals surface area (Å²) in [5.41, 5.74) is 0. The molecular weight excluding hydrogens is 586 g/mol. The van der Waals surface area contributed by atoms with Crippen LogP contribution in [-0.2, 0) is 14.9 Å². The number of carbonyl (C=O) groups excluding carboxylic acids is 1. The van der Waals surface area contributed by atoms with Crippen LogP contribution in [-0.4, -0.2) is 53.1 Å². The summed E-state index contributed by atoms with van der Waals surface area (Å²) in [7, 11) is -4.44. The predicted octanol–water partition coefficient (Wildman–Crippen LogP) is 9.38. The normalized spacial score (nSPS) is 14.3. The van der Waals surface area contributed by atoms with Crippen molar-refractivity contribution in [3.05, 3.63) is 24.3 Å². The fraction of sp³-hybridized carbons (Fsp3) is 0.865. The van der Waals surface area contributed by atoms with Crippen LogP contribution in [0.4, 0.5) is 0 Å². The number of unbranched alkanes of at least 4 members (excludes halogenated alkanes) is 22. The highest BCUT2D eigenvalue weighted by Crippen LogP contribution is 2.15. The lowest BCUT2D eigenvalue weighted by atomic mass is 10.0. The minimum Gasteiger partial charge on any atom is -0.387 e. The smallest absolute Gasteiger partial charge is 0.267 e. The van der Waals surface area contributed by atoms with Gasteiger partial charge in [-0.25, -0.2) is 0 Å². The van der Waals surface area contributed by atoms with Gasteiger partial charge < -0.3 is 15.5 Å². The summed E-state index contributed by atoms with van der Waals surface area (Å²) < 4.78 is 32.3. The molecule has 0 saturated heterocycles. The Labute approximate surface area is 277 Å². The minimum absolute atomic E-state index is 0.278. The Hall–Kier alpha value is -1.22. The number of aliphatic hydroxyl groups excluding tert-OH is 2. The van der Waals surface area contributed by atoms with E-state index in [1.54, 1.807) is 6.08 Å². The minimum atomic E-state index is -4.44.